The molecule has 2 aromatic heterocycles. The normalized spacial score (nSPS) is 26.3. The van der Waals surface area contributed by atoms with E-state index in [0.29, 0.717) is 16.9 Å². The Morgan fingerprint density at radius 2 is 1.86 bits per heavy atom. The number of nitrogen functional groups attached to an aromatic ring is 1. The van der Waals surface area contributed by atoms with Crippen molar-refractivity contribution in [3.8, 4) is 11.3 Å². The molecule has 5 rings (SSSR count). The number of fused-ring (bicyclic) bond motifs is 3. The van der Waals surface area contributed by atoms with Gasteiger partial charge >= 0.3 is 0 Å². The maximum atomic E-state index is 6.13. The zero-order valence-electron chi connectivity index (χ0n) is 17.5. The van der Waals surface area contributed by atoms with Gasteiger partial charge in [-0.05, 0) is 54.4 Å². The predicted octanol–water partition coefficient (Wildman–Crippen LogP) is 5.64. The van der Waals surface area contributed by atoms with Crippen LogP contribution in [0.2, 0.25) is 5.02 Å². The molecule has 3 aromatic rings. The number of nitrogens with zero attached hydrogens (tertiary/aromatic N) is 3. The average molecular weight is 409 g/mol. The van der Waals surface area contributed by atoms with Gasteiger partial charge in [-0.2, -0.15) is 0 Å². The van der Waals surface area contributed by atoms with E-state index in [4.69, 9.17) is 22.3 Å². The third kappa shape index (κ3) is 3.43. The van der Waals surface area contributed by atoms with Gasteiger partial charge in [0, 0.05) is 41.6 Å². The van der Waals surface area contributed by atoms with Crippen molar-refractivity contribution < 1.29 is 0 Å². The Morgan fingerprint density at radius 3 is 2.62 bits per heavy atom. The van der Waals surface area contributed by atoms with Crippen molar-refractivity contribution in [2.45, 2.75) is 52.6 Å². The van der Waals surface area contributed by atoms with Crippen LogP contribution in [-0.2, 0) is 6.54 Å². The van der Waals surface area contributed by atoms with E-state index in [1.807, 2.05) is 30.5 Å². The number of imidazole rings is 1. The highest BCUT2D eigenvalue weighted by Crippen LogP contribution is 2.53. The number of benzene rings is 1. The number of halogens is 1. The highest BCUT2D eigenvalue weighted by atomic mass is 35.5. The first-order valence-corrected chi connectivity index (χ1v) is 10.9. The molecule has 1 saturated carbocycles. The molecule has 2 N–H and O–H groups in total. The van der Waals surface area contributed by atoms with Crippen molar-refractivity contribution >= 4 is 22.9 Å². The molecular formula is C24H29ClN4. The maximum absolute atomic E-state index is 6.13. The van der Waals surface area contributed by atoms with Crippen molar-refractivity contribution in [1.82, 2.24) is 14.3 Å². The minimum absolute atomic E-state index is 0.409. The largest absolute Gasteiger partial charge is 0.398 e. The van der Waals surface area contributed by atoms with Crippen LogP contribution in [0.1, 0.15) is 45.7 Å². The Balaban J connectivity index is 1.58. The molecule has 1 saturated heterocycles. The first-order valence-electron chi connectivity index (χ1n) is 10.5. The smallest absolute Gasteiger partial charge is 0.137 e. The summed E-state index contributed by atoms with van der Waals surface area (Å²) in [6.45, 7) is 9.35. The van der Waals surface area contributed by atoms with E-state index in [2.05, 4.69) is 42.2 Å². The molecule has 2 atom stereocenters. The van der Waals surface area contributed by atoms with Crippen molar-refractivity contribution in [3.63, 3.8) is 0 Å². The van der Waals surface area contributed by atoms with Gasteiger partial charge < -0.3 is 10.1 Å². The molecule has 0 radical (unpaired) electrons. The molecule has 3 heterocycles. The number of likely N-dealkylation sites (tertiary alicyclic amines) is 1. The Labute approximate surface area is 177 Å². The number of anilines is 1. The van der Waals surface area contributed by atoms with E-state index in [9.17, 15) is 0 Å². The van der Waals surface area contributed by atoms with Crippen LogP contribution < -0.4 is 5.73 Å². The Kier molecular flexibility index (Phi) is 4.24. The lowest BCUT2D eigenvalue weighted by Gasteiger charge is -2.40. The molecule has 1 aromatic carbocycles. The predicted molar refractivity (Wildman–Crippen MR) is 120 cm³/mol. The third-order valence-corrected chi connectivity index (χ3v) is 6.99. The number of nitrogens with two attached hydrogens (primary N) is 1. The molecule has 2 unspecified atom stereocenters. The van der Waals surface area contributed by atoms with Gasteiger partial charge in [-0.3, -0.25) is 4.90 Å². The van der Waals surface area contributed by atoms with Crippen LogP contribution in [0.4, 0.5) is 5.69 Å². The van der Waals surface area contributed by atoms with Gasteiger partial charge in [0.25, 0.3) is 0 Å². The quantitative estimate of drug-likeness (QED) is 0.610. The Bertz CT molecular complexity index is 1070. The molecule has 2 fully saturated rings. The summed E-state index contributed by atoms with van der Waals surface area (Å²) in [5.74, 6) is 0. The summed E-state index contributed by atoms with van der Waals surface area (Å²) in [7, 11) is 0. The summed E-state index contributed by atoms with van der Waals surface area (Å²) in [6.07, 6.45) is 5.87. The lowest BCUT2D eigenvalue weighted by molar-refractivity contribution is 0.126. The monoisotopic (exact) mass is 408 g/mol. The first kappa shape index (κ1) is 19.0. The van der Waals surface area contributed by atoms with Crippen LogP contribution >= 0.6 is 11.6 Å². The number of rotatable bonds is 3. The summed E-state index contributed by atoms with van der Waals surface area (Å²) >= 11 is 6.13. The fourth-order valence-electron chi connectivity index (χ4n) is 6.05. The van der Waals surface area contributed by atoms with E-state index in [1.54, 1.807) is 0 Å². The summed E-state index contributed by atoms with van der Waals surface area (Å²) < 4.78 is 2.18. The third-order valence-electron chi connectivity index (χ3n) is 6.73. The highest BCUT2D eigenvalue weighted by molar-refractivity contribution is 6.30. The van der Waals surface area contributed by atoms with Crippen LogP contribution in [0.5, 0.6) is 0 Å². The fraction of sp³-hybridized carbons (Fsp3) is 0.458. The van der Waals surface area contributed by atoms with Gasteiger partial charge in [-0.1, -0.05) is 44.5 Å². The Morgan fingerprint density at radius 1 is 1.10 bits per heavy atom. The van der Waals surface area contributed by atoms with Gasteiger partial charge in [-0.15, -0.1) is 0 Å². The zero-order chi connectivity index (χ0) is 20.4. The van der Waals surface area contributed by atoms with Crippen LogP contribution in [0.25, 0.3) is 16.9 Å². The maximum Gasteiger partial charge on any atom is 0.137 e. The molecule has 0 spiro atoms. The van der Waals surface area contributed by atoms with Gasteiger partial charge in [-0.25, -0.2) is 4.98 Å². The second kappa shape index (κ2) is 6.48. The fourth-order valence-corrected chi connectivity index (χ4v) is 6.18. The second-order valence-electron chi connectivity index (χ2n) is 10.2. The average Bonchev–Trinajstić information content (AvgIpc) is 3.09. The van der Waals surface area contributed by atoms with Gasteiger partial charge in [0.15, 0.2) is 0 Å². The second-order valence-corrected chi connectivity index (χ2v) is 10.7. The number of hydrogen-bond donors (Lipinski definition) is 1. The zero-order valence-corrected chi connectivity index (χ0v) is 18.2. The molecule has 2 bridgehead atoms. The van der Waals surface area contributed by atoms with Crippen LogP contribution in [-0.4, -0.2) is 26.9 Å². The molecule has 152 valence electrons. The van der Waals surface area contributed by atoms with Gasteiger partial charge in [0.1, 0.15) is 5.65 Å². The van der Waals surface area contributed by atoms with Crippen molar-refractivity contribution in [2.75, 3.05) is 12.3 Å². The minimum atomic E-state index is 0.409. The van der Waals surface area contributed by atoms with Crippen LogP contribution in [0.3, 0.4) is 0 Å². The van der Waals surface area contributed by atoms with Crippen LogP contribution in [0, 0.1) is 10.8 Å². The minimum Gasteiger partial charge on any atom is -0.398 e. The molecule has 0 amide bonds. The van der Waals surface area contributed by atoms with Gasteiger partial charge in [0.2, 0.25) is 0 Å². The number of hydrogen-bond acceptors (Lipinski definition) is 3. The van der Waals surface area contributed by atoms with Crippen LogP contribution in [0.15, 0.2) is 42.6 Å². The lowest BCUT2D eigenvalue weighted by Crippen LogP contribution is -2.34. The standard InChI is InChI=1S/C24H29ClN4/c1-23(2)10-19-11-24(3,14-23)15-28(19)13-20-22(16-4-6-17(25)7-5-16)27-21-9-8-18(26)12-29(20)21/h4-9,12,19H,10-11,13-15,26H2,1-3H3. The molecule has 4 nitrogen and oxygen atoms in total. The molecule has 1 aliphatic carbocycles. The van der Waals surface area contributed by atoms with E-state index >= 15 is 0 Å². The number of aromatic nitrogens is 2. The number of pyridine rings is 1. The SMILES string of the molecule is CC1(C)CC2CC(C)(CN2Cc2c(-c3ccc(Cl)cc3)nc3ccc(N)cn23)C1. The van der Waals surface area contributed by atoms with Crippen molar-refractivity contribution in [2.24, 2.45) is 10.8 Å². The molecular weight excluding hydrogens is 380 g/mol. The first-order chi connectivity index (χ1) is 13.7. The summed E-state index contributed by atoms with van der Waals surface area (Å²) in [5, 5.41) is 0.742. The molecule has 5 heteroatoms. The van der Waals surface area contributed by atoms with E-state index in [-0.39, 0.29) is 0 Å². The van der Waals surface area contributed by atoms with E-state index in [1.165, 1.54) is 25.0 Å². The van der Waals surface area contributed by atoms with Crippen molar-refractivity contribution in [3.05, 3.63) is 53.3 Å². The highest BCUT2D eigenvalue weighted by Gasteiger charge is 2.49. The molecule has 29 heavy (non-hydrogen) atoms. The van der Waals surface area contributed by atoms with Gasteiger partial charge in [0.05, 0.1) is 11.4 Å². The van der Waals surface area contributed by atoms with E-state index in [0.717, 1.165) is 40.7 Å². The topological polar surface area (TPSA) is 46.6 Å². The summed E-state index contributed by atoms with van der Waals surface area (Å²) in [6, 6.07) is 12.5. The van der Waals surface area contributed by atoms with E-state index < -0.39 is 0 Å². The molecule has 1 aliphatic heterocycles. The summed E-state index contributed by atoms with van der Waals surface area (Å²) in [4.78, 5) is 7.65. The summed E-state index contributed by atoms with van der Waals surface area (Å²) in [5.41, 5.74) is 12.0. The Hall–Kier alpha value is -2.04. The van der Waals surface area contributed by atoms with Crippen molar-refractivity contribution in [1.29, 1.82) is 0 Å². The lowest BCUT2D eigenvalue weighted by atomic mass is 9.65. The molecule has 2 aliphatic rings.